The van der Waals surface area contributed by atoms with Crippen LogP contribution >= 0.6 is 0 Å². The standard InChI is InChI=1S/C15H20N4/c16-14-11-17-19(12-14)10-9-18-8-4-7-15(18)13-5-2-1-3-6-13/h1-3,5-6,11-12,15H,4,7-10,16H2. The lowest BCUT2D eigenvalue weighted by Gasteiger charge is -2.24. The quantitative estimate of drug-likeness (QED) is 0.913. The van der Waals surface area contributed by atoms with Gasteiger partial charge in [-0.1, -0.05) is 30.3 Å². The number of likely N-dealkylation sites (tertiary alicyclic amines) is 1. The summed E-state index contributed by atoms with van der Waals surface area (Å²) in [6, 6.07) is 11.4. The maximum atomic E-state index is 5.68. The summed E-state index contributed by atoms with van der Waals surface area (Å²) in [6.45, 7) is 3.11. The van der Waals surface area contributed by atoms with Gasteiger partial charge in [-0.05, 0) is 24.9 Å². The van der Waals surface area contributed by atoms with Gasteiger partial charge in [-0.3, -0.25) is 9.58 Å². The number of nitrogen functional groups attached to an aromatic ring is 1. The van der Waals surface area contributed by atoms with Gasteiger partial charge >= 0.3 is 0 Å². The molecule has 0 amide bonds. The summed E-state index contributed by atoms with van der Waals surface area (Å²) in [5, 5.41) is 4.24. The molecule has 100 valence electrons. The summed E-state index contributed by atoms with van der Waals surface area (Å²) in [4.78, 5) is 2.55. The number of nitrogens with two attached hydrogens (primary N) is 1. The van der Waals surface area contributed by atoms with E-state index in [-0.39, 0.29) is 0 Å². The van der Waals surface area contributed by atoms with Gasteiger partial charge in [0.15, 0.2) is 0 Å². The third-order valence-corrected chi connectivity index (χ3v) is 3.82. The van der Waals surface area contributed by atoms with Crippen molar-refractivity contribution in [3.63, 3.8) is 0 Å². The summed E-state index contributed by atoms with van der Waals surface area (Å²) in [5.74, 6) is 0. The van der Waals surface area contributed by atoms with E-state index >= 15 is 0 Å². The maximum absolute atomic E-state index is 5.68. The molecule has 0 aliphatic carbocycles. The second kappa shape index (κ2) is 5.45. The van der Waals surface area contributed by atoms with Crippen LogP contribution in [0.15, 0.2) is 42.7 Å². The van der Waals surface area contributed by atoms with Crippen molar-refractivity contribution in [1.82, 2.24) is 14.7 Å². The molecule has 4 nitrogen and oxygen atoms in total. The lowest BCUT2D eigenvalue weighted by atomic mass is 10.0. The summed E-state index contributed by atoms with van der Waals surface area (Å²) in [6.07, 6.45) is 6.14. The first-order valence-corrected chi connectivity index (χ1v) is 6.90. The van der Waals surface area contributed by atoms with Crippen LogP contribution in [0.3, 0.4) is 0 Å². The number of rotatable bonds is 4. The van der Waals surface area contributed by atoms with E-state index in [0.29, 0.717) is 6.04 Å². The molecule has 4 heteroatoms. The molecule has 19 heavy (non-hydrogen) atoms. The molecule has 1 atom stereocenters. The maximum Gasteiger partial charge on any atom is 0.0719 e. The normalized spacial score (nSPS) is 19.9. The minimum absolute atomic E-state index is 0.564. The molecule has 2 heterocycles. The van der Waals surface area contributed by atoms with Crippen molar-refractivity contribution < 1.29 is 0 Å². The highest BCUT2D eigenvalue weighted by atomic mass is 15.3. The van der Waals surface area contributed by atoms with Crippen molar-refractivity contribution >= 4 is 5.69 Å². The van der Waals surface area contributed by atoms with Crippen molar-refractivity contribution in [2.45, 2.75) is 25.4 Å². The Morgan fingerprint density at radius 2 is 2.05 bits per heavy atom. The Bertz CT molecular complexity index is 520. The Hall–Kier alpha value is -1.81. The molecule has 2 N–H and O–H groups in total. The van der Waals surface area contributed by atoms with Crippen LogP contribution in [0.25, 0.3) is 0 Å². The summed E-state index contributed by atoms with van der Waals surface area (Å²) < 4.78 is 1.93. The Balaban J connectivity index is 1.64. The third-order valence-electron chi connectivity index (χ3n) is 3.82. The fraction of sp³-hybridized carbons (Fsp3) is 0.400. The summed E-state index contributed by atoms with van der Waals surface area (Å²) in [7, 11) is 0. The molecular weight excluding hydrogens is 236 g/mol. The molecule has 1 fully saturated rings. The van der Waals surface area contributed by atoms with Crippen molar-refractivity contribution in [2.75, 3.05) is 18.8 Å². The van der Waals surface area contributed by atoms with Crippen molar-refractivity contribution in [3.05, 3.63) is 48.3 Å². The van der Waals surface area contributed by atoms with Gasteiger partial charge in [-0.2, -0.15) is 5.10 Å². The molecule has 1 unspecified atom stereocenters. The first-order chi connectivity index (χ1) is 9.33. The fourth-order valence-electron chi connectivity index (χ4n) is 2.88. The van der Waals surface area contributed by atoms with Crippen LogP contribution in [0.5, 0.6) is 0 Å². The minimum atomic E-state index is 0.564. The van der Waals surface area contributed by atoms with Crippen LogP contribution in [-0.4, -0.2) is 27.8 Å². The van der Waals surface area contributed by atoms with Crippen molar-refractivity contribution in [3.8, 4) is 0 Å². The van der Waals surface area contributed by atoms with Crippen LogP contribution in [0, 0.1) is 0 Å². The average molecular weight is 256 g/mol. The minimum Gasteiger partial charge on any atom is -0.396 e. The first-order valence-electron chi connectivity index (χ1n) is 6.90. The first kappa shape index (κ1) is 12.2. The van der Waals surface area contributed by atoms with Gasteiger partial charge in [0.25, 0.3) is 0 Å². The van der Waals surface area contributed by atoms with E-state index in [9.17, 15) is 0 Å². The van der Waals surface area contributed by atoms with Crippen LogP contribution in [0.1, 0.15) is 24.4 Å². The molecular formula is C15H20N4. The predicted molar refractivity (Wildman–Crippen MR) is 76.6 cm³/mol. The Labute approximate surface area is 113 Å². The monoisotopic (exact) mass is 256 g/mol. The number of hydrogen-bond acceptors (Lipinski definition) is 3. The molecule has 0 saturated carbocycles. The molecule has 0 bridgehead atoms. The summed E-state index contributed by atoms with van der Waals surface area (Å²) in [5.41, 5.74) is 7.85. The predicted octanol–water partition coefficient (Wildman–Crippen LogP) is 2.30. The largest absolute Gasteiger partial charge is 0.396 e. The zero-order valence-electron chi connectivity index (χ0n) is 11.1. The smallest absolute Gasteiger partial charge is 0.0719 e. The van der Waals surface area contributed by atoms with Gasteiger partial charge in [0, 0.05) is 18.8 Å². The van der Waals surface area contributed by atoms with Gasteiger partial charge in [0.05, 0.1) is 18.4 Å². The summed E-state index contributed by atoms with van der Waals surface area (Å²) >= 11 is 0. The molecule has 0 spiro atoms. The lowest BCUT2D eigenvalue weighted by Crippen LogP contribution is -2.27. The van der Waals surface area contributed by atoms with Gasteiger partial charge in [0.2, 0.25) is 0 Å². The van der Waals surface area contributed by atoms with Crippen molar-refractivity contribution in [1.29, 1.82) is 0 Å². The molecule has 0 radical (unpaired) electrons. The lowest BCUT2D eigenvalue weighted by molar-refractivity contribution is 0.243. The zero-order chi connectivity index (χ0) is 13.1. The molecule has 1 saturated heterocycles. The Morgan fingerprint density at radius 1 is 1.21 bits per heavy atom. The second-order valence-corrected chi connectivity index (χ2v) is 5.14. The molecule has 1 aliphatic heterocycles. The SMILES string of the molecule is Nc1cnn(CCN2CCCC2c2ccccc2)c1. The second-order valence-electron chi connectivity index (χ2n) is 5.14. The topological polar surface area (TPSA) is 47.1 Å². The van der Waals surface area contributed by atoms with Crippen LogP contribution in [-0.2, 0) is 6.54 Å². The Kier molecular flexibility index (Phi) is 3.51. The van der Waals surface area contributed by atoms with E-state index < -0.39 is 0 Å². The van der Waals surface area contributed by atoms with Gasteiger partial charge in [0.1, 0.15) is 0 Å². The molecule has 1 aliphatic rings. The van der Waals surface area contributed by atoms with Crippen LogP contribution < -0.4 is 5.73 Å². The number of nitrogens with zero attached hydrogens (tertiary/aromatic N) is 3. The van der Waals surface area contributed by atoms with E-state index in [0.717, 1.165) is 18.8 Å². The van der Waals surface area contributed by atoms with Gasteiger partial charge < -0.3 is 5.73 Å². The van der Waals surface area contributed by atoms with E-state index in [1.54, 1.807) is 6.20 Å². The zero-order valence-corrected chi connectivity index (χ0v) is 11.1. The molecule has 2 aromatic rings. The average Bonchev–Trinajstić information content (AvgIpc) is 3.06. The highest BCUT2D eigenvalue weighted by Crippen LogP contribution is 2.31. The number of benzene rings is 1. The number of hydrogen-bond donors (Lipinski definition) is 1. The number of aromatic nitrogens is 2. The Morgan fingerprint density at radius 3 is 2.79 bits per heavy atom. The molecule has 1 aromatic heterocycles. The van der Waals surface area contributed by atoms with Crippen LogP contribution in [0.4, 0.5) is 5.69 Å². The van der Waals surface area contributed by atoms with E-state index in [1.165, 1.54) is 24.9 Å². The van der Waals surface area contributed by atoms with E-state index in [4.69, 9.17) is 5.73 Å². The van der Waals surface area contributed by atoms with Crippen molar-refractivity contribution in [2.24, 2.45) is 0 Å². The van der Waals surface area contributed by atoms with Crippen LogP contribution in [0.2, 0.25) is 0 Å². The van der Waals surface area contributed by atoms with E-state index in [1.807, 2.05) is 10.9 Å². The number of anilines is 1. The highest BCUT2D eigenvalue weighted by Gasteiger charge is 2.25. The molecule has 3 rings (SSSR count). The van der Waals surface area contributed by atoms with Gasteiger partial charge in [-0.15, -0.1) is 0 Å². The fourth-order valence-corrected chi connectivity index (χ4v) is 2.88. The highest BCUT2D eigenvalue weighted by molar-refractivity contribution is 5.30. The third kappa shape index (κ3) is 2.79. The van der Waals surface area contributed by atoms with Gasteiger partial charge in [-0.25, -0.2) is 0 Å². The van der Waals surface area contributed by atoms with E-state index in [2.05, 4.69) is 40.3 Å². The molecule has 1 aromatic carbocycles.